The first kappa shape index (κ1) is 13.7. The van der Waals surface area contributed by atoms with Crippen LogP contribution in [0.1, 0.15) is 17.3 Å². The second-order valence-corrected chi connectivity index (χ2v) is 5.96. The molecule has 0 atom stereocenters. The van der Waals surface area contributed by atoms with Crippen LogP contribution in [0, 0.1) is 0 Å². The van der Waals surface area contributed by atoms with Crippen molar-refractivity contribution in [3.8, 4) is 0 Å². The molecule has 1 aromatic carbocycles. The van der Waals surface area contributed by atoms with E-state index in [2.05, 4.69) is 6.92 Å². The number of carboxylic acid groups (broad SMARTS) is 1. The van der Waals surface area contributed by atoms with Crippen LogP contribution in [-0.2, 0) is 0 Å². The molecular formula is C11H13ClO2S2. The van der Waals surface area contributed by atoms with Gasteiger partial charge in [-0.25, -0.2) is 4.79 Å². The lowest BCUT2D eigenvalue weighted by Crippen LogP contribution is -1.97. The van der Waals surface area contributed by atoms with Crippen LogP contribution in [0.3, 0.4) is 0 Å². The normalized spacial score (nSPS) is 10.4. The van der Waals surface area contributed by atoms with E-state index in [9.17, 15) is 4.79 Å². The predicted molar refractivity (Wildman–Crippen MR) is 72.1 cm³/mol. The minimum Gasteiger partial charge on any atom is -0.478 e. The van der Waals surface area contributed by atoms with Crippen molar-refractivity contribution < 1.29 is 9.90 Å². The van der Waals surface area contributed by atoms with Gasteiger partial charge in [-0.2, -0.15) is 11.8 Å². The van der Waals surface area contributed by atoms with E-state index >= 15 is 0 Å². The highest BCUT2D eigenvalue weighted by atomic mass is 35.5. The average molecular weight is 277 g/mol. The molecule has 1 rings (SSSR count). The highest BCUT2D eigenvalue weighted by Gasteiger charge is 2.09. The van der Waals surface area contributed by atoms with Crippen molar-refractivity contribution in [1.82, 2.24) is 0 Å². The van der Waals surface area contributed by atoms with Crippen LogP contribution < -0.4 is 0 Å². The van der Waals surface area contributed by atoms with Gasteiger partial charge in [0.2, 0.25) is 0 Å². The molecule has 1 aromatic rings. The molecule has 0 heterocycles. The maximum absolute atomic E-state index is 10.9. The van der Waals surface area contributed by atoms with Crippen LogP contribution in [0.25, 0.3) is 0 Å². The molecule has 5 heteroatoms. The lowest BCUT2D eigenvalue weighted by Gasteiger charge is -2.04. The van der Waals surface area contributed by atoms with Crippen LogP contribution in [0.2, 0.25) is 5.02 Å². The molecule has 1 N–H and O–H groups in total. The molecule has 0 aliphatic carbocycles. The molecule has 0 aromatic heterocycles. The molecule has 0 aliphatic rings. The highest BCUT2D eigenvalue weighted by molar-refractivity contribution is 8.02. The fraction of sp³-hybridized carbons (Fsp3) is 0.364. The molecule has 16 heavy (non-hydrogen) atoms. The zero-order chi connectivity index (χ0) is 12.0. The van der Waals surface area contributed by atoms with Crippen molar-refractivity contribution in [2.45, 2.75) is 11.8 Å². The van der Waals surface area contributed by atoms with Crippen LogP contribution in [0.15, 0.2) is 23.1 Å². The van der Waals surface area contributed by atoms with Crippen LogP contribution in [0.4, 0.5) is 0 Å². The van der Waals surface area contributed by atoms with Crippen LogP contribution in [-0.4, -0.2) is 28.3 Å². The number of carboxylic acids is 1. The Hall–Kier alpha value is -0.320. The van der Waals surface area contributed by atoms with Crippen molar-refractivity contribution in [3.05, 3.63) is 28.8 Å². The van der Waals surface area contributed by atoms with E-state index in [-0.39, 0.29) is 5.56 Å². The summed E-state index contributed by atoms with van der Waals surface area (Å²) in [5, 5.41) is 9.19. The van der Waals surface area contributed by atoms with E-state index in [4.69, 9.17) is 16.7 Å². The van der Waals surface area contributed by atoms with Gasteiger partial charge in [0.25, 0.3) is 0 Å². The van der Waals surface area contributed by atoms with Crippen LogP contribution >= 0.6 is 35.1 Å². The van der Waals surface area contributed by atoms with E-state index in [0.717, 1.165) is 22.2 Å². The fourth-order valence-corrected chi connectivity index (χ4v) is 3.01. The maximum Gasteiger partial charge on any atom is 0.337 e. The fourth-order valence-electron chi connectivity index (χ4n) is 1.12. The SMILES string of the molecule is CCSCCSc1ccc(Cl)c(C(=O)O)c1. The van der Waals surface area contributed by atoms with E-state index in [1.165, 1.54) is 0 Å². The zero-order valence-corrected chi connectivity index (χ0v) is 11.3. The van der Waals surface area contributed by atoms with Gasteiger partial charge in [0.1, 0.15) is 0 Å². The van der Waals surface area contributed by atoms with Gasteiger partial charge < -0.3 is 5.11 Å². The smallest absolute Gasteiger partial charge is 0.337 e. The number of halogens is 1. The first-order chi connectivity index (χ1) is 7.65. The minimum atomic E-state index is -0.976. The summed E-state index contributed by atoms with van der Waals surface area (Å²) in [7, 11) is 0. The molecule has 0 spiro atoms. The molecule has 0 aliphatic heterocycles. The topological polar surface area (TPSA) is 37.3 Å². The lowest BCUT2D eigenvalue weighted by molar-refractivity contribution is 0.0697. The van der Waals surface area contributed by atoms with Crippen molar-refractivity contribution >= 4 is 41.1 Å². The van der Waals surface area contributed by atoms with Gasteiger partial charge in [0.05, 0.1) is 10.6 Å². The standard InChI is InChI=1S/C11H13ClO2S2/c1-2-15-5-6-16-8-3-4-10(12)9(7-8)11(13)14/h3-4,7H,2,5-6H2,1H3,(H,13,14). The largest absolute Gasteiger partial charge is 0.478 e. The first-order valence-electron chi connectivity index (χ1n) is 4.88. The molecule has 0 fully saturated rings. The summed E-state index contributed by atoms with van der Waals surface area (Å²) in [4.78, 5) is 11.8. The summed E-state index contributed by atoms with van der Waals surface area (Å²) in [5.41, 5.74) is 0.176. The predicted octanol–water partition coefficient (Wildman–Crippen LogP) is 3.88. The zero-order valence-electron chi connectivity index (χ0n) is 8.90. The third-order valence-corrected chi connectivity index (χ3v) is 4.35. The summed E-state index contributed by atoms with van der Waals surface area (Å²) >= 11 is 9.32. The molecule has 0 saturated carbocycles. The third kappa shape index (κ3) is 4.28. The molecular weight excluding hydrogens is 264 g/mol. The number of hydrogen-bond donors (Lipinski definition) is 1. The number of hydrogen-bond acceptors (Lipinski definition) is 3. The Morgan fingerprint density at radius 3 is 2.81 bits per heavy atom. The van der Waals surface area contributed by atoms with Gasteiger partial charge in [0.15, 0.2) is 0 Å². The molecule has 2 nitrogen and oxygen atoms in total. The van der Waals surface area contributed by atoms with E-state index < -0.39 is 5.97 Å². The summed E-state index contributed by atoms with van der Waals surface area (Å²) < 4.78 is 0. The first-order valence-corrected chi connectivity index (χ1v) is 7.40. The van der Waals surface area contributed by atoms with Crippen LogP contribution in [0.5, 0.6) is 0 Å². The van der Waals surface area contributed by atoms with Crippen molar-refractivity contribution in [2.24, 2.45) is 0 Å². The number of rotatable bonds is 6. The summed E-state index contributed by atoms with van der Waals surface area (Å²) in [6, 6.07) is 5.13. The van der Waals surface area contributed by atoms with Gasteiger partial charge in [-0.3, -0.25) is 0 Å². The Bertz CT molecular complexity index is 369. The van der Waals surface area contributed by atoms with E-state index in [1.807, 2.05) is 17.8 Å². The Kier molecular flexibility index (Phi) is 6.09. The second-order valence-electron chi connectivity index (χ2n) is 2.99. The maximum atomic E-state index is 10.9. The summed E-state index contributed by atoms with van der Waals surface area (Å²) in [6.07, 6.45) is 0. The molecule has 0 amide bonds. The quantitative estimate of drug-likeness (QED) is 0.632. The van der Waals surface area contributed by atoms with Crippen molar-refractivity contribution in [1.29, 1.82) is 0 Å². The van der Waals surface area contributed by atoms with Crippen molar-refractivity contribution in [3.63, 3.8) is 0 Å². The molecule has 0 radical (unpaired) electrons. The molecule has 88 valence electrons. The Balaban J connectivity index is 2.61. The van der Waals surface area contributed by atoms with Gasteiger partial charge >= 0.3 is 5.97 Å². The lowest BCUT2D eigenvalue weighted by atomic mass is 10.2. The number of aromatic carboxylic acids is 1. The minimum absolute atomic E-state index is 0.176. The Morgan fingerprint density at radius 2 is 2.19 bits per heavy atom. The molecule has 0 unspecified atom stereocenters. The Labute approximate surface area is 109 Å². The number of benzene rings is 1. The second kappa shape index (κ2) is 7.09. The van der Waals surface area contributed by atoms with Gasteiger partial charge in [-0.1, -0.05) is 18.5 Å². The number of thioether (sulfide) groups is 2. The number of carbonyl (C=O) groups is 1. The van der Waals surface area contributed by atoms with E-state index in [0.29, 0.717) is 5.02 Å². The van der Waals surface area contributed by atoms with E-state index in [1.54, 1.807) is 23.9 Å². The third-order valence-electron chi connectivity index (χ3n) is 1.87. The van der Waals surface area contributed by atoms with Gasteiger partial charge in [0, 0.05) is 16.4 Å². The molecule has 0 bridgehead atoms. The highest BCUT2D eigenvalue weighted by Crippen LogP contribution is 2.25. The summed E-state index contributed by atoms with van der Waals surface area (Å²) in [5.74, 6) is 2.20. The summed E-state index contributed by atoms with van der Waals surface area (Å²) in [6.45, 7) is 2.13. The van der Waals surface area contributed by atoms with Crippen molar-refractivity contribution in [2.75, 3.05) is 17.3 Å². The van der Waals surface area contributed by atoms with Gasteiger partial charge in [-0.15, -0.1) is 11.8 Å². The monoisotopic (exact) mass is 276 g/mol. The van der Waals surface area contributed by atoms with Gasteiger partial charge in [-0.05, 0) is 24.0 Å². The Morgan fingerprint density at radius 1 is 1.44 bits per heavy atom. The average Bonchev–Trinajstić information content (AvgIpc) is 2.26. The molecule has 0 saturated heterocycles.